The molecule has 0 aliphatic rings. The second kappa shape index (κ2) is 4.26. The molecule has 12 heavy (non-hydrogen) atoms. The van der Waals surface area contributed by atoms with Crippen molar-refractivity contribution in [1.29, 1.82) is 0 Å². The first-order valence-electron chi connectivity index (χ1n) is 4.37. The Labute approximate surface area is 73.0 Å². The van der Waals surface area contributed by atoms with Crippen LogP contribution in [0.3, 0.4) is 0 Å². The SMILES string of the molecule is Cc1nc(CCCCN)oc1C. The number of nitrogens with zero attached hydrogens (tertiary/aromatic N) is 1. The van der Waals surface area contributed by atoms with Gasteiger partial charge in [0.05, 0.1) is 5.69 Å². The number of hydrogen-bond acceptors (Lipinski definition) is 3. The normalized spacial score (nSPS) is 10.6. The first kappa shape index (κ1) is 9.26. The molecule has 0 radical (unpaired) electrons. The molecular weight excluding hydrogens is 152 g/mol. The average Bonchev–Trinajstić information content (AvgIpc) is 2.32. The standard InChI is InChI=1S/C9H16N2O/c1-7-8(2)12-9(11-7)5-3-4-6-10/h3-6,10H2,1-2H3. The van der Waals surface area contributed by atoms with Gasteiger partial charge in [0.25, 0.3) is 0 Å². The maximum absolute atomic E-state index is 5.41. The van der Waals surface area contributed by atoms with Gasteiger partial charge in [-0.05, 0) is 33.2 Å². The highest BCUT2D eigenvalue weighted by Gasteiger charge is 2.03. The van der Waals surface area contributed by atoms with E-state index >= 15 is 0 Å². The molecule has 0 amide bonds. The molecular formula is C9H16N2O. The summed E-state index contributed by atoms with van der Waals surface area (Å²) in [7, 11) is 0. The minimum Gasteiger partial charge on any atom is -0.446 e. The Bertz CT molecular complexity index is 223. The van der Waals surface area contributed by atoms with Crippen LogP contribution in [0.25, 0.3) is 0 Å². The number of aryl methyl sites for hydroxylation is 3. The van der Waals surface area contributed by atoms with Gasteiger partial charge in [0.15, 0.2) is 5.89 Å². The topological polar surface area (TPSA) is 52.0 Å². The lowest BCUT2D eigenvalue weighted by Gasteiger charge is -1.92. The van der Waals surface area contributed by atoms with E-state index in [1.54, 1.807) is 0 Å². The lowest BCUT2D eigenvalue weighted by molar-refractivity contribution is 0.462. The molecule has 0 aromatic carbocycles. The van der Waals surface area contributed by atoms with Gasteiger partial charge in [0.2, 0.25) is 0 Å². The summed E-state index contributed by atoms with van der Waals surface area (Å²) in [5.41, 5.74) is 6.37. The van der Waals surface area contributed by atoms with Crippen molar-refractivity contribution >= 4 is 0 Å². The van der Waals surface area contributed by atoms with Gasteiger partial charge in [-0.3, -0.25) is 0 Å². The van der Waals surface area contributed by atoms with Crippen LogP contribution in [0.15, 0.2) is 4.42 Å². The van der Waals surface area contributed by atoms with Gasteiger partial charge in [-0.1, -0.05) is 0 Å². The minimum absolute atomic E-state index is 0.749. The van der Waals surface area contributed by atoms with Crippen molar-refractivity contribution in [1.82, 2.24) is 4.98 Å². The molecule has 3 heteroatoms. The third kappa shape index (κ3) is 2.34. The largest absolute Gasteiger partial charge is 0.446 e. The molecule has 0 bridgehead atoms. The number of unbranched alkanes of at least 4 members (excludes halogenated alkanes) is 1. The molecule has 1 rings (SSSR count). The third-order valence-corrected chi connectivity index (χ3v) is 1.92. The van der Waals surface area contributed by atoms with Gasteiger partial charge in [0, 0.05) is 6.42 Å². The van der Waals surface area contributed by atoms with E-state index in [1.807, 2.05) is 13.8 Å². The first-order valence-corrected chi connectivity index (χ1v) is 4.37. The van der Waals surface area contributed by atoms with Crippen LogP contribution in [0.5, 0.6) is 0 Å². The van der Waals surface area contributed by atoms with Crippen LogP contribution < -0.4 is 5.73 Å². The highest BCUT2D eigenvalue weighted by molar-refractivity contribution is 5.05. The number of hydrogen-bond donors (Lipinski definition) is 1. The van der Waals surface area contributed by atoms with Crippen molar-refractivity contribution in [2.24, 2.45) is 5.73 Å². The average molecular weight is 168 g/mol. The molecule has 0 fully saturated rings. The maximum Gasteiger partial charge on any atom is 0.194 e. The van der Waals surface area contributed by atoms with Crippen LogP contribution in [-0.4, -0.2) is 11.5 Å². The lowest BCUT2D eigenvalue weighted by Crippen LogP contribution is -1.99. The summed E-state index contributed by atoms with van der Waals surface area (Å²) in [5.74, 6) is 1.77. The molecule has 0 aliphatic heterocycles. The predicted octanol–water partition coefficient (Wildman–Crippen LogP) is 1.57. The zero-order valence-corrected chi connectivity index (χ0v) is 7.76. The predicted molar refractivity (Wildman–Crippen MR) is 48.0 cm³/mol. The van der Waals surface area contributed by atoms with Crippen LogP contribution in [0.4, 0.5) is 0 Å². The molecule has 0 atom stereocenters. The molecule has 68 valence electrons. The van der Waals surface area contributed by atoms with Crippen LogP contribution in [0.1, 0.15) is 30.2 Å². The number of aromatic nitrogens is 1. The molecule has 0 saturated heterocycles. The number of nitrogens with two attached hydrogens (primary N) is 1. The molecule has 2 N–H and O–H groups in total. The molecule has 0 saturated carbocycles. The van der Waals surface area contributed by atoms with Crippen LogP contribution in [0.2, 0.25) is 0 Å². The van der Waals surface area contributed by atoms with Gasteiger partial charge in [-0.25, -0.2) is 4.98 Å². The van der Waals surface area contributed by atoms with Gasteiger partial charge in [0.1, 0.15) is 5.76 Å². The van der Waals surface area contributed by atoms with E-state index in [0.29, 0.717) is 0 Å². The Kier molecular flexibility index (Phi) is 3.29. The number of oxazole rings is 1. The van der Waals surface area contributed by atoms with E-state index in [1.165, 1.54) is 0 Å². The van der Waals surface area contributed by atoms with Crippen LogP contribution in [-0.2, 0) is 6.42 Å². The quantitative estimate of drug-likeness (QED) is 0.694. The van der Waals surface area contributed by atoms with E-state index in [-0.39, 0.29) is 0 Å². The fourth-order valence-corrected chi connectivity index (χ4v) is 1.07. The summed E-state index contributed by atoms with van der Waals surface area (Å²) in [4.78, 5) is 4.27. The second-order valence-corrected chi connectivity index (χ2v) is 2.99. The molecule has 3 nitrogen and oxygen atoms in total. The van der Waals surface area contributed by atoms with Gasteiger partial charge < -0.3 is 10.2 Å². The highest BCUT2D eigenvalue weighted by atomic mass is 16.4. The molecule has 0 spiro atoms. The van der Waals surface area contributed by atoms with Crippen molar-refractivity contribution in [3.8, 4) is 0 Å². The van der Waals surface area contributed by atoms with E-state index in [4.69, 9.17) is 10.2 Å². The van der Waals surface area contributed by atoms with Gasteiger partial charge in [-0.15, -0.1) is 0 Å². The zero-order chi connectivity index (χ0) is 8.97. The molecule has 1 aromatic heterocycles. The Hall–Kier alpha value is -0.830. The Morgan fingerprint density at radius 2 is 2.08 bits per heavy atom. The van der Waals surface area contributed by atoms with E-state index in [2.05, 4.69) is 4.98 Å². The molecule has 0 aliphatic carbocycles. The van der Waals surface area contributed by atoms with Gasteiger partial charge in [-0.2, -0.15) is 0 Å². The lowest BCUT2D eigenvalue weighted by atomic mass is 10.2. The van der Waals surface area contributed by atoms with Crippen molar-refractivity contribution in [2.45, 2.75) is 33.1 Å². The first-order chi connectivity index (χ1) is 5.74. The third-order valence-electron chi connectivity index (χ3n) is 1.92. The fraction of sp³-hybridized carbons (Fsp3) is 0.667. The Balaban J connectivity index is 2.42. The summed E-state index contributed by atoms with van der Waals surface area (Å²) in [6, 6.07) is 0. The van der Waals surface area contributed by atoms with Crippen molar-refractivity contribution in [2.75, 3.05) is 6.54 Å². The van der Waals surface area contributed by atoms with E-state index in [0.717, 1.165) is 43.2 Å². The van der Waals surface area contributed by atoms with Crippen LogP contribution >= 0.6 is 0 Å². The summed E-state index contributed by atoms with van der Waals surface area (Å²) in [6.45, 7) is 4.65. The number of rotatable bonds is 4. The minimum atomic E-state index is 0.749. The highest BCUT2D eigenvalue weighted by Crippen LogP contribution is 2.10. The van der Waals surface area contributed by atoms with E-state index < -0.39 is 0 Å². The summed E-state index contributed by atoms with van der Waals surface area (Å²) >= 11 is 0. The summed E-state index contributed by atoms with van der Waals surface area (Å²) in [5, 5.41) is 0. The monoisotopic (exact) mass is 168 g/mol. The fourth-order valence-electron chi connectivity index (χ4n) is 1.07. The van der Waals surface area contributed by atoms with Crippen molar-refractivity contribution < 1.29 is 4.42 Å². The Morgan fingerprint density at radius 1 is 1.33 bits per heavy atom. The molecule has 1 aromatic rings. The second-order valence-electron chi connectivity index (χ2n) is 2.99. The smallest absolute Gasteiger partial charge is 0.194 e. The Morgan fingerprint density at radius 3 is 2.58 bits per heavy atom. The maximum atomic E-state index is 5.41. The van der Waals surface area contributed by atoms with E-state index in [9.17, 15) is 0 Å². The summed E-state index contributed by atoms with van der Waals surface area (Å²) < 4.78 is 5.41. The molecule has 1 heterocycles. The zero-order valence-electron chi connectivity index (χ0n) is 7.76. The van der Waals surface area contributed by atoms with Gasteiger partial charge >= 0.3 is 0 Å². The van der Waals surface area contributed by atoms with Crippen molar-refractivity contribution in [3.05, 3.63) is 17.3 Å². The van der Waals surface area contributed by atoms with Crippen molar-refractivity contribution in [3.63, 3.8) is 0 Å². The van der Waals surface area contributed by atoms with Crippen LogP contribution in [0, 0.1) is 13.8 Å². The summed E-state index contributed by atoms with van der Waals surface area (Å²) in [6.07, 6.45) is 3.02. The molecule has 0 unspecified atom stereocenters.